The van der Waals surface area contributed by atoms with Crippen LogP contribution in [-0.2, 0) is 17.0 Å². The fourth-order valence-corrected chi connectivity index (χ4v) is 4.23. The summed E-state index contributed by atoms with van der Waals surface area (Å²) in [6.45, 7) is 2.83. The molecule has 4 aromatic rings. The van der Waals surface area contributed by atoms with Gasteiger partial charge in [-0.1, -0.05) is 30.3 Å². The number of H-pyrrole nitrogens is 1. The van der Waals surface area contributed by atoms with Gasteiger partial charge in [0.05, 0.1) is 29.3 Å². The summed E-state index contributed by atoms with van der Waals surface area (Å²) in [5.41, 5.74) is 1.43. The van der Waals surface area contributed by atoms with Crippen molar-refractivity contribution in [3.05, 3.63) is 69.2 Å². The van der Waals surface area contributed by atoms with Crippen LogP contribution in [0, 0.1) is 0 Å². The summed E-state index contributed by atoms with van der Waals surface area (Å²) in [6, 6.07) is 12.1. The molecule has 0 saturated heterocycles. The number of aromatic nitrogens is 5. The third-order valence-corrected chi connectivity index (χ3v) is 6.01. The van der Waals surface area contributed by atoms with Gasteiger partial charge in [-0.05, 0) is 48.9 Å². The standard InChI is InChI=1S/C22H20ClN5O3S/c1-3-10-28-19(13-4-7-15(23)8-5-13)26-27-22(28)32-12-18-24-17-11-14(21(30)31-2)6-9-16(17)20(29)25-18/h4-9,11H,3,10,12H2,1-2H3,(H,24,25,29). The zero-order valence-corrected chi connectivity index (χ0v) is 19.0. The third-order valence-electron chi connectivity index (χ3n) is 4.78. The van der Waals surface area contributed by atoms with E-state index in [0.29, 0.717) is 33.1 Å². The number of carbonyl (C=O) groups excluding carboxylic acids is 1. The zero-order chi connectivity index (χ0) is 22.7. The van der Waals surface area contributed by atoms with Crippen molar-refractivity contribution in [3.63, 3.8) is 0 Å². The molecule has 10 heteroatoms. The topological polar surface area (TPSA) is 103 Å². The number of nitrogens with zero attached hydrogens (tertiary/aromatic N) is 4. The lowest BCUT2D eigenvalue weighted by Crippen LogP contribution is -2.12. The Morgan fingerprint density at radius 1 is 1.19 bits per heavy atom. The number of methoxy groups -OCH3 is 1. The third kappa shape index (κ3) is 4.53. The molecule has 0 spiro atoms. The number of thioether (sulfide) groups is 1. The molecule has 0 radical (unpaired) electrons. The van der Waals surface area contributed by atoms with E-state index in [1.165, 1.54) is 18.9 Å². The molecule has 0 aliphatic rings. The van der Waals surface area contributed by atoms with Gasteiger partial charge in [0, 0.05) is 17.1 Å². The van der Waals surface area contributed by atoms with Crippen molar-refractivity contribution in [2.24, 2.45) is 0 Å². The lowest BCUT2D eigenvalue weighted by Gasteiger charge is -2.09. The van der Waals surface area contributed by atoms with Crippen LogP contribution >= 0.6 is 23.4 Å². The first kappa shape index (κ1) is 22.0. The van der Waals surface area contributed by atoms with E-state index in [1.807, 2.05) is 28.8 Å². The molecule has 164 valence electrons. The van der Waals surface area contributed by atoms with E-state index in [2.05, 4.69) is 27.1 Å². The van der Waals surface area contributed by atoms with Gasteiger partial charge in [0.25, 0.3) is 5.56 Å². The Morgan fingerprint density at radius 3 is 2.69 bits per heavy atom. The predicted octanol–water partition coefficient (Wildman–Crippen LogP) is 4.32. The highest BCUT2D eigenvalue weighted by atomic mass is 35.5. The van der Waals surface area contributed by atoms with Gasteiger partial charge in [-0.15, -0.1) is 10.2 Å². The SMILES string of the molecule is CCCn1c(SCc2nc3cc(C(=O)OC)ccc3c(=O)[nH]2)nnc1-c1ccc(Cl)cc1. The number of fused-ring (bicyclic) bond motifs is 1. The lowest BCUT2D eigenvalue weighted by atomic mass is 10.1. The minimum absolute atomic E-state index is 0.265. The second-order valence-corrected chi connectivity index (χ2v) is 8.37. The Kier molecular flexibility index (Phi) is 6.57. The summed E-state index contributed by atoms with van der Waals surface area (Å²) in [7, 11) is 1.31. The van der Waals surface area contributed by atoms with Gasteiger partial charge in [0.15, 0.2) is 11.0 Å². The molecule has 0 bridgehead atoms. The zero-order valence-electron chi connectivity index (χ0n) is 17.5. The predicted molar refractivity (Wildman–Crippen MR) is 124 cm³/mol. The molecule has 0 saturated carbocycles. The van der Waals surface area contributed by atoms with Crippen molar-refractivity contribution in [2.45, 2.75) is 30.8 Å². The number of benzene rings is 2. The van der Waals surface area contributed by atoms with Gasteiger partial charge in [0.2, 0.25) is 0 Å². The Labute approximate surface area is 193 Å². The smallest absolute Gasteiger partial charge is 0.337 e. The van der Waals surface area contributed by atoms with Crippen molar-refractivity contribution in [1.29, 1.82) is 0 Å². The number of ether oxygens (including phenoxy) is 1. The fraction of sp³-hybridized carbons (Fsp3) is 0.227. The van der Waals surface area contributed by atoms with E-state index >= 15 is 0 Å². The fourth-order valence-electron chi connectivity index (χ4n) is 3.27. The molecule has 1 N–H and O–H groups in total. The number of nitrogens with one attached hydrogen (secondary N) is 1. The highest BCUT2D eigenvalue weighted by Crippen LogP contribution is 2.27. The minimum atomic E-state index is -0.479. The van der Waals surface area contributed by atoms with E-state index in [1.54, 1.807) is 18.2 Å². The Balaban J connectivity index is 1.62. The maximum Gasteiger partial charge on any atom is 0.337 e. The number of aromatic amines is 1. The second kappa shape index (κ2) is 9.54. The number of hydrogen-bond donors (Lipinski definition) is 1. The van der Waals surface area contributed by atoms with Gasteiger partial charge in [-0.3, -0.25) is 4.79 Å². The molecule has 4 rings (SSSR count). The first-order valence-electron chi connectivity index (χ1n) is 9.93. The number of halogens is 1. The number of esters is 1. The Morgan fingerprint density at radius 2 is 1.97 bits per heavy atom. The summed E-state index contributed by atoms with van der Waals surface area (Å²) in [5.74, 6) is 1.14. The Bertz CT molecular complexity index is 1330. The van der Waals surface area contributed by atoms with Gasteiger partial charge in [0.1, 0.15) is 5.82 Å². The molecular weight excluding hydrogens is 450 g/mol. The van der Waals surface area contributed by atoms with Crippen LogP contribution in [0.3, 0.4) is 0 Å². The molecule has 2 heterocycles. The molecule has 0 amide bonds. The normalized spacial score (nSPS) is 11.1. The van der Waals surface area contributed by atoms with Crippen LogP contribution in [0.4, 0.5) is 0 Å². The summed E-state index contributed by atoms with van der Waals surface area (Å²) >= 11 is 7.43. The first-order valence-corrected chi connectivity index (χ1v) is 11.3. The molecule has 0 fully saturated rings. The molecule has 32 heavy (non-hydrogen) atoms. The van der Waals surface area contributed by atoms with Crippen molar-refractivity contribution in [2.75, 3.05) is 7.11 Å². The van der Waals surface area contributed by atoms with E-state index in [4.69, 9.17) is 16.3 Å². The summed E-state index contributed by atoms with van der Waals surface area (Å²) in [5, 5.41) is 10.5. The summed E-state index contributed by atoms with van der Waals surface area (Å²) in [4.78, 5) is 31.6. The molecular formula is C22H20ClN5O3S. The van der Waals surface area contributed by atoms with Gasteiger partial charge < -0.3 is 14.3 Å². The minimum Gasteiger partial charge on any atom is -0.465 e. The number of carbonyl (C=O) groups is 1. The number of rotatable bonds is 7. The van der Waals surface area contributed by atoms with Gasteiger partial charge in [-0.25, -0.2) is 9.78 Å². The Hall–Kier alpha value is -3.17. The monoisotopic (exact) mass is 469 g/mol. The highest BCUT2D eigenvalue weighted by Gasteiger charge is 2.15. The highest BCUT2D eigenvalue weighted by molar-refractivity contribution is 7.98. The molecule has 8 nitrogen and oxygen atoms in total. The van der Waals surface area contributed by atoms with E-state index in [0.717, 1.165) is 29.5 Å². The van der Waals surface area contributed by atoms with Crippen LogP contribution in [0.15, 0.2) is 52.4 Å². The largest absolute Gasteiger partial charge is 0.465 e. The lowest BCUT2D eigenvalue weighted by molar-refractivity contribution is 0.0601. The van der Waals surface area contributed by atoms with Crippen LogP contribution in [0.1, 0.15) is 29.5 Å². The molecule has 0 aliphatic carbocycles. The van der Waals surface area contributed by atoms with Crippen LogP contribution in [0.2, 0.25) is 5.02 Å². The van der Waals surface area contributed by atoms with Crippen LogP contribution in [-0.4, -0.2) is 37.8 Å². The number of hydrogen-bond acceptors (Lipinski definition) is 7. The van der Waals surface area contributed by atoms with Crippen molar-refractivity contribution >= 4 is 40.2 Å². The van der Waals surface area contributed by atoms with Crippen molar-refractivity contribution in [3.8, 4) is 11.4 Å². The summed E-state index contributed by atoms with van der Waals surface area (Å²) < 4.78 is 6.79. The quantitative estimate of drug-likeness (QED) is 0.317. The molecule has 2 aromatic carbocycles. The molecule has 2 aromatic heterocycles. The van der Waals surface area contributed by atoms with Gasteiger partial charge in [-0.2, -0.15) is 0 Å². The molecule has 0 aliphatic heterocycles. The average molecular weight is 470 g/mol. The van der Waals surface area contributed by atoms with Crippen LogP contribution in [0.25, 0.3) is 22.3 Å². The van der Waals surface area contributed by atoms with Crippen LogP contribution < -0.4 is 5.56 Å². The van der Waals surface area contributed by atoms with Gasteiger partial charge >= 0.3 is 5.97 Å². The maximum absolute atomic E-state index is 12.5. The van der Waals surface area contributed by atoms with E-state index < -0.39 is 5.97 Å². The van der Waals surface area contributed by atoms with Crippen LogP contribution in [0.5, 0.6) is 0 Å². The van der Waals surface area contributed by atoms with Crippen molar-refractivity contribution in [1.82, 2.24) is 24.7 Å². The van der Waals surface area contributed by atoms with E-state index in [9.17, 15) is 9.59 Å². The average Bonchev–Trinajstić information content (AvgIpc) is 3.20. The van der Waals surface area contributed by atoms with Crippen molar-refractivity contribution < 1.29 is 9.53 Å². The maximum atomic E-state index is 12.5. The molecule has 0 atom stereocenters. The first-order chi connectivity index (χ1) is 15.5. The molecule has 0 unspecified atom stereocenters. The summed E-state index contributed by atoms with van der Waals surface area (Å²) in [6.07, 6.45) is 0.910. The second-order valence-electron chi connectivity index (χ2n) is 6.99. The van der Waals surface area contributed by atoms with E-state index in [-0.39, 0.29) is 5.56 Å².